The van der Waals surface area contributed by atoms with Gasteiger partial charge < -0.3 is 15.4 Å². The van der Waals surface area contributed by atoms with Crippen LogP contribution in [0.3, 0.4) is 0 Å². The van der Waals surface area contributed by atoms with E-state index >= 15 is 0 Å². The first-order chi connectivity index (χ1) is 11.6. The van der Waals surface area contributed by atoms with Crippen LogP contribution in [0.25, 0.3) is 0 Å². The van der Waals surface area contributed by atoms with Crippen LogP contribution >= 0.6 is 23.2 Å². The number of benzene rings is 1. The first-order valence-corrected chi connectivity index (χ1v) is 8.45. The summed E-state index contributed by atoms with van der Waals surface area (Å²) in [6.45, 7) is 1.28. The number of halogens is 2. The fourth-order valence-electron chi connectivity index (χ4n) is 2.48. The van der Waals surface area contributed by atoms with Crippen LogP contribution in [0.15, 0.2) is 36.5 Å². The maximum absolute atomic E-state index is 12.2. The number of nitrogens with one attached hydrogen (secondary N) is 2. The number of pyridine rings is 1. The molecule has 2 aromatic rings. The summed E-state index contributed by atoms with van der Waals surface area (Å²) >= 11 is 12.1. The topological polar surface area (TPSA) is 63.2 Å². The monoisotopic (exact) mass is 365 g/mol. The highest BCUT2D eigenvalue weighted by Crippen LogP contribution is 2.31. The largest absolute Gasteiger partial charge is 0.381 e. The third-order valence-corrected chi connectivity index (χ3v) is 4.66. The average molecular weight is 366 g/mol. The molecule has 24 heavy (non-hydrogen) atoms. The Morgan fingerprint density at radius 1 is 1.17 bits per heavy atom. The molecule has 3 rings (SSSR count). The van der Waals surface area contributed by atoms with Crippen LogP contribution in [0.4, 0.5) is 17.2 Å². The molecule has 2 heterocycles. The highest BCUT2D eigenvalue weighted by Gasteiger charge is 2.21. The lowest BCUT2D eigenvalue weighted by Gasteiger charge is -2.21. The Hall–Kier alpha value is -1.82. The highest BCUT2D eigenvalue weighted by molar-refractivity contribution is 6.43. The van der Waals surface area contributed by atoms with Crippen molar-refractivity contribution >= 4 is 46.3 Å². The number of rotatable bonds is 4. The third kappa shape index (κ3) is 4.17. The molecule has 7 heteroatoms. The molecule has 1 fully saturated rings. The molecule has 0 spiro atoms. The van der Waals surface area contributed by atoms with Crippen LogP contribution in [-0.4, -0.2) is 24.1 Å². The number of carbonyl (C=O) groups is 1. The van der Waals surface area contributed by atoms with E-state index in [4.69, 9.17) is 27.9 Å². The summed E-state index contributed by atoms with van der Waals surface area (Å²) < 4.78 is 5.27. The lowest BCUT2D eigenvalue weighted by molar-refractivity contribution is -0.122. The number of ether oxygens (including phenoxy) is 1. The Labute approximate surface area is 150 Å². The van der Waals surface area contributed by atoms with Gasteiger partial charge in [0.1, 0.15) is 5.82 Å². The number of aromatic nitrogens is 1. The second kappa shape index (κ2) is 7.83. The van der Waals surface area contributed by atoms with Gasteiger partial charge in [0.15, 0.2) is 0 Å². The van der Waals surface area contributed by atoms with E-state index in [9.17, 15) is 4.79 Å². The summed E-state index contributed by atoms with van der Waals surface area (Å²) in [6, 6.07) is 8.91. The zero-order chi connectivity index (χ0) is 16.9. The van der Waals surface area contributed by atoms with Crippen molar-refractivity contribution in [2.75, 3.05) is 23.8 Å². The molecule has 5 nitrogen and oxygen atoms in total. The Morgan fingerprint density at radius 2 is 1.96 bits per heavy atom. The van der Waals surface area contributed by atoms with E-state index in [1.165, 1.54) is 0 Å². The minimum absolute atomic E-state index is 0.00168. The van der Waals surface area contributed by atoms with Gasteiger partial charge in [0.2, 0.25) is 5.91 Å². The second-order valence-electron chi connectivity index (χ2n) is 5.53. The summed E-state index contributed by atoms with van der Waals surface area (Å²) in [5.41, 5.74) is 1.34. The molecule has 0 atom stereocenters. The molecule has 1 saturated heterocycles. The van der Waals surface area contributed by atoms with Crippen molar-refractivity contribution in [1.82, 2.24) is 4.98 Å². The van der Waals surface area contributed by atoms with Crippen molar-refractivity contribution in [2.45, 2.75) is 12.8 Å². The number of anilines is 3. The van der Waals surface area contributed by atoms with Gasteiger partial charge in [0.25, 0.3) is 0 Å². The van der Waals surface area contributed by atoms with E-state index in [1.807, 2.05) is 6.07 Å². The lowest BCUT2D eigenvalue weighted by Crippen LogP contribution is -2.28. The van der Waals surface area contributed by atoms with Gasteiger partial charge in [-0.05, 0) is 37.1 Å². The summed E-state index contributed by atoms with van der Waals surface area (Å²) in [4.78, 5) is 16.5. The standard InChI is InChI=1S/C17H17Cl2N3O2/c18-13-2-1-3-14(16(13)19)22-15-5-4-12(10-20-15)21-17(23)11-6-8-24-9-7-11/h1-5,10-11H,6-9H2,(H,20,22)(H,21,23). The van der Waals surface area contributed by atoms with Gasteiger partial charge in [0.05, 0.1) is 27.6 Å². The molecule has 0 aliphatic carbocycles. The van der Waals surface area contributed by atoms with Gasteiger partial charge in [-0.15, -0.1) is 0 Å². The number of nitrogens with zero attached hydrogens (tertiary/aromatic N) is 1. The Balaban J connectivity index is 1.62. The third-order valence-electron chi connectivity index (χ3n) is 3.84. The number of carbonyl (C=O) groups excluding carboxylic acids is 1. The first-order valence-electron chi connectivity index (χ1n) is 7.69. The zero-order valence-electron chi connectivity index (χ0n) is 12.9. The van der Waals surface area contributed by atoms with E-state index in [2.05, 4.69) is 15.6 Å². The predicted molar refractivity (Wildman–Crippen MR) is 96.2 cm³/mol. The molecule has 1 aromatic carbocycles. The molecule has 0 bridgehead atoms. The van der Waals surface area contributed by atoms with Gasteiger partial charge in [-0.1, -0.05) is 29.3 Å². The molecule has 1 amide bonds. The van der Waals surface area contributed by atoms with Gasteiger partial charge in [-0.25, -0.2) is 4.98 Å². The highest BCUT2D eigenvalue weighted by atomic mass is 35.5. The minimum Gasteiger partial charge on any atom is -0.381 e. The van der Waals surface area contributed by atoms with Gasteiger partial charge in [-0.3, -0.25) is 4.79 Å². The van der Waals surface area contributed by atoms with E-state index < -0.39 is 0 Å². The van der Waals surface area contributed by atoms with Crippen LogP contribution in [0.1, 0.15) is 12.8 Å². The molecule has 1 aliphatic rings. The van der Waals surface area contributed by atoms with Crippen LogP contribution in [0.2, 0.25) is 10.0 Å². The predicted octanol–water partition coefficient (Wildman–Crippen LogP) is 4.50. The van der Waals surface area contributed by atoms with Crippen LogP contribution < -0.4 is 10.6 Å². The molecule has 0 unspecified atom stereocenters. The smallest absolute Gasteiger partial charge is 0.227 e. The van der Waals surface area contributed by atoms with Crippen molar-refractivity contribution in [2.24, 2.45) is 5.92 Å². The fraction of sp³-hybridized carbons (Fsp3) is 0.294. The number of hydrogen-bond donors (Lipinski definition) is 2. The van der Waals surface area contributed by atoms with Crippen molar-refractivity contribution in [3.05, 3.63) is 46.6 Å². The minimum atomic E-state index is 0.00168. The van der Waals surface area contributed by atoms with E-state index in [0.29, 0.717) is 40.5 Å². The van der Waals surface area contributed by atoms with Crippen molar-refractivity contribution < 1.29 is 9.53 Å². The Bertz CT molecular complexity index is 716. The van der Waals surface area contributed by atoms with Crippen LogP contribution in [-0.2, 0) is 9.53 Å². The molecule has 0 radical (unpaired) electrons. The van der Waals surface area contributed by atoms with Crippen LogP contribution in [0.5, 0.6) is 0 Å². The van der Waals surface area contributed by atoms with Crippen molar-refractivity contribution in [3.63, 3.8) is 0 Å². The SMILES string of the molecule is O=C(Nc1ccc(Nc2cccc(Cl)c2Cl)nc1)C1CCOCC1. The maximum atomic E-state index is 12.2. The molecule has 1 aliphatic heterocycles. The molecule has 2 N–H and O–H groups in total. The van der Waals surface area contributed by atoms with Crippen molar-refractivity contribution in [3.8, 4) is 0 Å². The molecule has 126 valence electrons. The number of hydrogen-bond acceptors (Lipinski definition) is 4. The Morgan fingerprint density at radius 3 is 2.67 bits per heavy atom. The lowest BCUT2D eigenvalue weighted by atomic mass is 9.99. The van der Waals surface area contributed by atoms with Gasteiger partial charge in [0, 0.05) is 19.1 Å². The Kier molecular flexibility index (Phi) is 5.56. The van der Waals surface area contributed by atoms with Crippen LogP contribution in [0, 0.1) is 5.92 Å². The summed E-state index contributed by atoms with van der Waals surface area (Å²) in [7, 11) is 0. The zero-order valence-corrected chi connectivity index (χ0v) is 14.4. The molecule has 0 saturated carbocycles. The quantitative estimate of drug-likeness (QED) is 0.837. The van der Waals surface area contributed by atoms with Gasteiger partial charge >= 0.3 is 0 Å². The summed E-state index contributed by atoms with van der Waals surface area (Å²) in [6.07, 6.45) is 3.12. The van der Waals surface area contributed by atoms with E-state index in [0.717, 1.165) is 12.8 Å². The molecule has 1 aromatic heterocycles. The molecular weight excluding hydrogens is 349 g/mol. The normalized spacial score (nSPS) is 15.1. The molecular formula is C17H17Cl2N3O2. The van der Waals surface area contributed by atoms with Gasteiger partial charge in [-0.2, -0.15) is 0 Å². The number of amides is 1. The van der Waals surface area contributed by atoms with E-state index in [1.54, 1.807) is 30.5 Å². The maximum Gasteiger partial charge on any atom is 0.227 e. The average Bonchev–Trinajstić information content (AvgIpc) is 2.61. The van der Waals surface area contributed by atoms with E-state index in [-0.39, 0.29) is 11.8 Å². The second-order valence-corrected chi connectivity index (χ2v) is 6.32. The summed E-state index contributed by atoms with van der Waals surface area (Å²) in [5, 5.41) is 6.91. The fourth-order valence-corrected chi connectivity index (χ4v) is 2.83. The first kappa shape index (κ1) is 17.0. The summed E-state index contributed by atoms with van der Waals surface area (Å²) in [5.74, 6) is 0.628. The van der Waals surface area contributed by atoms with Crippen molar-refractivity contribution in [1.29, 1.82) is 0 Å².